The summed E-state index contributed by atoms with van der Waals surface area (Å²) < 4.78 is 5.96. The monoisotopic (exact) mass is 346 g/mol. The van der Waals surface area contributed by atoms with Crippen molar-refractivity contribution < 1.29 is 4.42 Å². The molecule has 0 aliphatic rings. The highest BCUT2D eigenvalue weighted by atomic mass is 16.3. The van der Waals surface area contributed by atoms with Gasteiger partial charge in [-0.25, -0.2) is 0 Å². The van der Waals surface area contributed by atoms with Crippen LogP contribution in [0.1, 0.15) is 16.7 Å². The normalized spacial score (nSPS) is 11.0. The molecule has 4 aromatic carbocycles. The Balaban J connectivity index is 1.71. The maximum Gasteiger partial charge on any atom is 0.135 e. The smallest absolute Gasteiger partial charge is 0.135 e. The highest BCUT2D eigenvalue weighted by Gasteiger charge is 2.08. The predicted octanol–water partition coefficient (Wildman–Crippen LogP) is 7.17. The van der Waals surface area contributed by atoms with Crippen LogP contribution in [0.2, 0.25) is 0 Å². The summed E-state index contributed by atoms with van der Waals surface area (Å²) >= 11 is 0. The van der Waals surface area contributed by atoms with E-state index in [9.17, 15) is 0 Å². The van der Waals surface area contributed by atoms with E-state index in [0.717, 1.165) is 27.5 Å². The van der Waals surface area contributed by atoms with Gasteiger partial charge in [0.15, 0.2) is 0 Å². The lowest BCUT2D eigenvalue weighted by atomic mass is 9.95. The van der Waals surface area contributed by atoms with E-state index in [-0.39, 0.29) is 0 Å². The van der Waals surface area contributed by atoms with Gasteiger partial charge in [-0.3, -0.25) is 0 Å². The molecule has 128 valence electrons. The summed E-state index contributed by atoms with van der Waals surface area (Å²) in [5, 5.41) is 2.31. The third-order valence-corrected chi connectivity index (χ3v) is 4.88. The standard InChI is InChI=1S/C26H18O/c1-3-9-20(10-4-1)23(21-11-5-2-6-12-21)17-19-15-16-26-24(18-19)22-13-7-8-14-25(22)27-26/h1-18H. The highest BCUT2D eigenvalue weighted by molar-refractivity contribution is 6.06. The van der Waals surface area contributed by atoms with Gasteiger partial charge >= 0.3 is 0 Å². The summed E-state index contributed by atoms with van der Waals surface area (Å²) in [6.45, 7) is 0. The van der Waals surface area contributed by atoms with Crippen LogP contribution in [0.15, 0.2) is 108 Å². The molecule has 27 heavy (non-hydrogen) atoms. The van der Waals surface area contributed by atoms with E-state index in [0.29, 0.717) is 0 Å². The molecular formula is C26H18O. The van der Waals surface area contributed by atoms with E-state index < -0.39 is 0 Å². The summed E-state index contributed by atoms with van der Waals surface area (Å²) in [4.78, 5) is 0. The molecule has 0 spiro atoms. The average molecular weight is 346 g/mol. The average Bonchev–Trinajstić information content (AvgIpc) is 3.11. The Labute approximate surface area is 158 Å². The minimum atomic E-state index is 0.925. The van der Waals surface area contributed by atoms with Crippen LogP contribution in [0.25, 0.3) is 33.6 Å². The maximum absolute atomic E-state index is 5.96. The molecule has 1 heterocycles. The fraction of sp³-hybridized carbons (Fsp3) is 0. The Bertz CT molecular complexity index is 1200. The number of benzene rings is 4. The maximum atomic E-state index is 5.96. The van der Waals surface area contributed by atoms with Crippen molar-refractivity contribution in [3.8, 4) is 0 Å². The molecule has 5 rings (SSSR count). The van der Waals surface area contributed by atoms with Crippen LogP contribution in [-0.4, -0.2) is 0 Å². The third kappa shape index (κ3) is 2.94. The SMILES string of the molecule is C(=C(c1ccccc1)c1ccccc1)c1ccc2oc3ccccc3c2c1. The summed E-state index contributed by atoms with van der Waals surface area (Å²) in [7, 11) is 0. The zero-order chi connectivity index (χ0) is 18.1. The summed E-state index contributed by atoms with van der Waals surface area (Å²) in [6.07, 6.45) is 2.26. The number of hydrogen-bond donors (Lipinski definition) is 0. The first-order valence-electron chi connectivity index (χ1n) is 9.12. The van der Waals surface area contributed by atoms with Crippen molar-refractivity contribution in [2.45, 2.75) is 0 Å². The number of rotatable bonds is 3. The Morgan fingerprint density at radius 3 is 1.85 bits per heavy atom. The summed E-state index contributed by atoms with van der Waals surface area (Å²) in [5.74, 6) is 0. The second kappa shape index (κ2) is 6.62. The Kier molecular flexibility index (Phi) is 3.84. The van der Waals surface area contributed by atoms with Gasteiger partial charge in [-0.05, 0) is 46.5 Å². The van der Waals surface area contributed by atoms with Crippen molar-refractivity contribution in [1.29, 1.82) is 0 Å². The number of fused-ring (bicyclic) bond motifs is 3. The molecule has 0 unspecified atom stereocenters. The molecule has 1 heteroatoms. The van der Waals surface area contributed by atoms with E-state index in [1.54, 1.807) is 0 Å². The van der Waals surface area contributed by atoms with E-state index in [1.165, 1.54) is 16.7 Å². The van der Waals surface area contributed by atoms with Crippen molar-refractivity contribution in [3.05, 3.63) is 120 Å². The first-order valence-corrected chi connectivity index (χ1v) is 9.12. The molecule has 1 nitrogen and oxygen atoms in total. The van der Waals surface area contributed by atoms with E-state index in [1.807, 2.05) is 12.1 Å². The molecule has 0 radical (unpaired) electrons. The minimum absolute atomic E-state index is 0.925. The highest BCUT2D eigenvalue weighted by Crippen LogP contribution is 2.31. The fourth-order valence-corrected chi connectivity index (χ4v) is 3.57. The van der Waals surface area contributed by atoms with Crippen LogP contribution in [-0.2, 0) is 0 Å². The van der Waals surface area contributed by atoms with Crippen LogP contribution in [0.4, 0.5) is 0 Å². The summed E-state index contributed by atoms with van der Waals surface area (Å²) in [6, 6.07) is 35.7. The van der Waals surface area contributed by atoms with Crippen LogP contribution in [0.3, 0.4) is 0 Å². The van der Waals surface area contributed by atoms with Gasteiger partial charge in [-0.2, -0.15) is 0 Å². The topological polar surface area (TPSA) is 13.1 Å². The molecule has 0 N–H and O–H groups in total. The van der Waals surface area contributed by atoms with E-state index in [2.05, 4.69) is 97.1 Å². The molecule has 0 aliphatic heterocycles. The first kappa shape index (κ1) is 15.7. The van der Waals surface area contributed by atoms with Gasteiger partial charge in [-0.15, -0.1) is 0 Å². The van der Waals surface area contributed by atoms with Gasteiger partial charge in [0.25, 0.3) is 0 Å². The molecule has 0 fully saturated rings. The molecule has 0 aliphatic carbocycles. The molecule has 0 amide bonds. The van der Waals surface area contributed by atoms with Crippen molar-refractivity contribution in [2.75, 3.05) is 0 Å². The third-order valence-electron chi connectivity index (χ3n) is 4.88. The van der Waals surface area contributed by atoms with Crippen molar-refractivity contribution in [3.63, 3.8) is 0 Å². The van der Waals surface area contributed by atoms with E-state index >= 15 is 0 Å². The zero-order valence-electron chi connectivity index (χ0n) is 14.8. The molecule has 0 saturated carbocycles. The van der Waals surface area contributed by atoms with Crippen molar-refractivity contribution >= 4 is 33.6 Å². The number of furan rings is 1. The van der Waals surface area contributed by atoms with Crippen molar-refractivity contribution in [2.24, 2.45) is 0 Å². The molecular weight excluding hydrogens is 328 g/mol. The van der Waals surface area contributed by atoms with Crippen LogP contribution in [0, 0.1) is 0 Å². The Morgan fingerprint density at radius 2 is 1.15 bits per heavy atom. The van der Waals surface area contributed by atoms with E-state index in [4.69, 9.17) is 4.42 Å². The Hall–Kier alpha value is -3.58. The van der Waals surface area contributed by atoms with Crippen LogP contribution in [0.5, 0.6) is 0 Å². The predicted molar refractivity (Wildman–Crippen MR) is 114 cm³/mol. The van der Waals surface area contributed by atoms with Gasteiger partial charge < -0.3 is 4.42 Å². The summed E-state index contributed by atoms with van der Waals surface area (Å²) in [5.41, 5.74) is 6.65. The van der Waals surface area contributed by atoms with Crippen molar-refractivity contribution in [1.82, 2.24) is 0 Å². The van der Waals surface area contributed by atoms with Gasteiger partial charge in [-0.1, -0.05) is 84.9 Å². The fourth-order valence-electron chi connectivity index (χ4n) is 3.57. The first-order chi connectivity index (χ1) is 13.4. The van der Waals surface area contributed by atoms with Gasteiger partial charge in [0.2, 0.25) is 0 Å². The van der Waals surface area contributed by atoms with Gasteiger partial charge in [0, 0.05) is 10.8 Å². The van der Waals surface area contributed by atoms with Crippen LogP contribution < -0.4 is 0 Å². The molecule has 5 aromatic rings. The van der Waals surface area contributed by atoms with Crippen LogP contribution >= 0.6 is 0 Å². The minimum Gasteiger partial charge on any atom is -0.456 e. The zero-order valence-corrected chi connectivity index (χ0v) is 14.8. The number of hydrogen-bond acceptors (Lipinski definition) is 1. The Morgan fingerprint density at radius 1 is 0.556 bits per heavy atom. The second-order valence-electron chi connectivity index (χ2n) is 6.64. The lowest BCUT2D eigenvalue weighted by molar-refractivity contribution is 0.669. The van der Waals surface area contributed by atoms with Gasteiger partial charge in [0.05, 0.1) is 0 Å². The largest absolute Gasteiger partial charge is 0.456 e. The lowest BCUT2D eigenvalue weighted by Crippen LogP contribution is -1.88. The molecule has 0 atom stereocenters. The molecule has 1 aromatic heterocycles. The molecule has 0 saturated heterocycles. The lowest BCUT2D eigenvalue weighted by Gasteiger charge is -2.09. The second-order valence-corrected chi connectivity index (χ2v) is 6.64. The number of para-hydroxylation sites is 1. The molecule has 0 bridgehead atoms. The van der Waals surface area contributed by atoms with Gasteiger partial charge in [0.1, 0.15) is 11.2 Å². The quantitative estimate of drug-likeness (QED) is 0.315.